The predicted molar refractivity (Wildman–Crippen MR) is 100.0 cm³/mol. The molecule has 0 saturated carbocycles. The number of ether oxygens (including phenoxy) is 1. The van der Waals surface area contributed by atoms with Crippen molar-refractivity contribution in [1.29, 1.82) is 0 Å². The number of nitrogens with zero attached hydrogens (tertiary/aromatic N) is 2. The van der Waals surface area contributed by atoms with E-state index in [9.17, 15) is 4.79 Å². The van der Waals surface area contributed by atoms with E-state index in [0.29, 0.717) is 17.7 Å². The second-order valence-corrected chi connectivity index (χ2v) is 5.93. The lowest BCUT2D eigenvalue weighted by molar-refractivity contribution is 0.224. The van der Waals surface area contributed by atoms with Gasteiger partial charge >= 0.3 is 0 Å². The van der Waals surface area contributed by atoms with Crippen LogP contribution in [0.5, 0.6) is 5.75 Å². The Labute approximate surface area is 142 Å². The molecule has 0 radical (unpaired) electrons. The number of aromatic nitrogens is 1. The third kappa shape index (κ3) is 2.89. The normalized spacial score (nSPS) is 11.5. The van der Waals surface area contributed by atoms with Crippen molar-refractivity contribution in [2.24, 2.45) is 7.05 Å². The molecular weight excluding hydrogens is 300 g/mol. The maximum Gasteiger partial charge on any atom is 0.200 e. The largest absolute Gasteiger partial charge is 0.491 e. The van der Waals surface area contributed by atoms with Gasteiger partial charge in [-0.3, -0.25) is 4.79 Å². The molecule has 0 aliphatic rings. The van der Waals surface area contributed by atoms with Crippen LogP contribution in [0.25, 0.3) is 21.8 Å². The summed E-state index contributed by atoms with van der Waals surface area (Å²) < 4.78 is 8.04. The average Bonchev–Trinajstić information content (AvgIpc) is 2.63. The molecule has 0 aliphatic carbocycles. The molecule has 0 saturated heterocycles. The van der Waals surface area contributed by atoms with Gasteiger partial charge in [-0.1, -0.05) is 32.0 Å². The lowest BCUT2D eigenvalue weighted by Crippen LogP contribution is -2.28. The minimum Gasteiger partial charge on any atom is -0.491 e. The first kappa shape index (κ1) is 16.5. The average molecular weight is 324 g/mol. The molecule has 3 rings (SSSR count). The van der Waals surface area contributed by atoms with Crippen LogP contribution in [0.3, 0.4) is 0 Å². The molecule has 4 heteroatoms. The topological polar surface area (TPSA) is 34.5 Å². The molecule has 1 aromatic heterocycles. The minimum atomic E-state index is 0.0390. The first-order valence-electron chi connectivity index (χ1n) is 8.53. The highest BCUT2D eigenvalue weighted by atomic mass is 16.5. The van der Waals surface area contributed by atoms with E-state index in [1.54, 1.807) is 0 Å². The number of aryl methyl sites for hydroxylation is 1. The summed E-state index contributed by atoms with van der Waals surface area (Å²) >= 11 is 0. The smallest absolute Gasteiger partial charge is 0.200 e. The zero-order valence-corrected chi connectivity index (χ0v) is 14.6. The zero-order valence-electron chi connectivity index (χ0n) is 14.6. The van der Waals surface area contributed by atoms with Gasteiger partial charge in [0.15, 0.2) is 0 Å². The van der Waals surface area contributed by atoms with Crippen LogP contribution in [-0.4, -0.2) is 35.7 Å². The van der Waals surface area contributed by atoms with Crippen LogP contribution in [0.15, 0.2) is 47.3 Å². The first-order chi connectivity index (χ1) is 11.7. The third-order valence-electron chi connectivity index (χ3n) is 4.66. The van der Waals surface area contributed by atoms with Crippen molar-refractivity contribution >= 4 is 21.8 Å². The van der Waals surface area contributed by atoms with E-state index < -0.39 is 0 Å². The molecule has 126 valence electrons. The van der Waals surface area contributed by atoms with Gasteiger partial charge in [0.2, 0.25) is 5.43 Å². The number of likely N-dealkylation sites (N-methyl/N-ethyl adjacent to an activating group) is 1. The number of para-hydroxylation sites is 1. The van der Waals surface area contributed by atoms with Crippen molar-refractivity contribution in [3.05, 3.63) is 52.7 Å². The number of hydrogen-bond acceptors (Lipinski definition) is 3. The van der Waals surface area contributed by atoms with Crippen molar-refractivity contribution in [3.63, 3.8) is 0 Å². The molecule has 0 amide bonds. The number of fused-ring (bicyclic) bond motifs is 2. The summed E-state index contributed by atoms with van der Waals surface area (Å²) in [5.74, 6) is 0.672. The van der Waals surface area contributed by atoms with E-state index in [1.807, 2.05) is 49.5 Å². The Balaban J connectivity index is 2.05. The molecule has 0 atom stereocenters. The summed E-state index contributed by atoms with van der Waals surface area (Å²) in [4.78, 5) is 15.3. The van der Waals surface area contributed by atoms with Crippen LogP contribution in [0.1, 0.15) is 13.8 Å². The minimum absolute atomic E-state index is 0.0390. The quantitative estimate of drug-likeness (QED) is 0.652. The van der Waals surface area contributed by atoms with Crippen molar-refractivity contribution < 1.29 is 4.74 Å². The molecule has 2 aromatic carbocycles. The second kappa shape index (κ2) is 7.05. The monoisotopic (exact) mass is 324 g/mol. The number of hydrogen-bond donors (Lipinski definition) is 0. The van der Waals surface area contributed by atoms with E-state index in [-0.39, 0.29) is 5.43 Å². The summed E-state index contributed by atoms with van der Waals surface area (Å²) in [5.41, 5.74) is 1.88. The highest BCUT2D eigenvalue weighted by Gasteiger charge is 2.13. The molecular formula is C20H24N2O2. The van der Waals surface area contributed by atoms with Crippen molar-refractivity contribution in [3.8, 4) is 5.75 Å². The van der Waals surface area contributed by atoms with Gasteiger partial charge in [-0.05, 0) is 37.4 Å². The highest BCUT2D eigenvalue weighted by molar-refractivity contribution is 5.96. The zero-order chi connectivity index (χ0) is 17.1. The standard InChI is InChI=1S/C20H24N2O2/c1-4-22(5-2)13-14-24-18-12-8-11-17-19(18)20(23)15-9-6-7-10-16(15)21(17)3/h6-12H,4-5,13-14H2,1-3H3. The van der Waals surface area contributed by atoms with Crippen LogP contribution >= 0.6 is 0 Å². The van der Waals surface area contributed by atoms with Crippen molar-refractivity contribution in [2.45, 2.75) is 13.8 Å². The lowest BCUT2D eigenvalue weighted by atomic mass is 10.1. The fourth-order valence-corrected chi connectivity index (χ4v) is 3.19. The van der Waals surface area contributed by atoms with Gasteiger partial charge in [-0.15, -0.1) is 0 Å². The fourth-order valence-electron chi connectivity index (χ4n) is 3.19. The Morgan fingerprint density at radius 3 is 2.46 bits per heavy atom. The van der Waals surface area contributed by atoms with Gasteiger partial charge in [0.1, 0.15) is 12.4 Å². The Kier molecular flexibility index (Phi) is 4.86. The summed E-state index contributed by atoms with van der Waals surface area (Å²) in [6, 6.07) is 13.5. The van der Waals surface area contributed by atoms with E-state index in [0.717, 1.165) is 36.1 Å². The number of pyridine rings is 1. The molecule has 0 fully saturated rings. The Morgan fingerprint density at radius 1 is 1.00 bits per heavy atom. The lowest BCUT2D eigenvalue weighted by Gasteiger charge is -2.19. The SMILES string of the molecule is CCN(CC)CCOc1cccc2c1c(=O)c1ccccc1n2C. The molecule has 0 bridgehead atoms. The number of benzene rings is 2. The Morgan fingerprint density at radius 2 is 1.71 bits per heavy atom. The second-order valence-electron chi connectivity index (χ2n) is 5.93. The predicted octanol–water partition coefficient (Wildman–Crippen LogP) is 3.41. The summed E-state index contributed by atoms with van der Waals surface area (Å²) in [6.07, 6.45) is 0. The van der Waals surface area contributed by atoms with Gasteiger partial charge in [0.05, 0.1) is 16.4 Å². The molecule has 0 aliphatic heterocycles. The van der Waals surface area contributed by atoms with Crippen molar-refractivity contribution in [2.75, 3.05) is 26.2 Å². The molecule has 0 unspecified atom stereocenters. The van der Waals surface area contributed by atoms with E-state index in [2.05, 4.69) is 23.3 Å². The molecule has 4 nitrogen and oxygen atoms in total. The summed E-state index contributed by atoms with van der Waals surface area (Å²) in [6.45, 7) is 7.73. The van der Waals surface area contributed by atoms with Gasteiger partial charge in [0.25, 0.3) is 0 Å². The van der Waals surface area contributed by atoms with E-state index >= 15 is 0 Å². The molecule has 0 N–H and O–H groups in total. The van der Waals surface area contributed by atoms with E-state index in [1.165, 1.54) is 0 Å². The van der Waals surface area contributed by atoms with Crippen molar-refractivity contribution in [1.82, 2.24) is 9.47 Å². The van der Waals surface area contributed by atoms with Gasteiger partial charge < -0.3 is 14.2 Å². The highest BCUT2D eigenvalue weighted by Crippen LogP contribution is 2.25. The Hall–Kier alpha value is -2.33. The maximum absolute atomic E-state index is 13.0. The van der Waals surface area contributed by atoms with Crippen LogP contribution in [-0.2, 0) is 7.05 Å². The van der Waals surface area contributed by atoms with Gasteiger partial charge in [-0.25, -0.2) is 0 Å². The van der Waals surface area contributed by atoms with Gasteiger partial charge in [-0.2, -0.15) is 0 Å². The fraction of sp³-hybridized carbons (Fsp3) is 0.350. The third-order valence-corrected chi connectivity index (χ3v) is 4.66. The Bertz CT molecular complexity index is 911. The molecule has 3 aromatic rings. The van der Waals surface area contributed by atoms with Crippen LogP contribution < -0.4 is 10.2 Å². The van der Waals surface area contributed by atoms with E-state index in [4.69, 9.17) is 4.74 Å². The maximum atomic E-state index is 13.0. The molecule has 1 heterocycles. The molecule has 24 heavy (non-hydrogen) atoms. The van der Waals surface area contributed by atoms with Crippen LogP contribution in [0.4, 0.5) is 0 Å². The molecule has 0 spiro atoms. The summed E-state index contributed by atoms with van der Waals surface area (Å²) in [7, 11) is 1.99. The van der Waals surface area contributed by atoms with Gasteiger partial charge in [0, 0.05) is 19.0 Å². The van der Waals surface area contributed by atoms with Crippen LogP contribution in [0, 0.1) is 0 Å². The summed E-state index contributed by atoms with van der Waals surface area (Å²) in [5, 5.41) is 1.39. The number of rotatable bonds is 6. The van der Waals surface area contributed by atoms with Crippen LogP contribution in [0.2, 0.25) is 0 Å². The first-order valence-corrected chi connectivity index (χ1v) is 8.53.